The minimum absolute atomic E-state index is 0.986. The molecule has 0 aliphatic rings. The summed E-state index contributed by atoms with van der Waals surface area (Å²) in [6, 6.07) is 21.3. The highest BCUT2D eigenvalue weighted by atomic mass is 16.7. The van der Waals surface area contributed by atoms with E-state index in [2.05, 4.69) is 65.7 Å². The standard InChI is InChI=1S/C19H25NO/c1-21-20(16-8-14-18-10-4-2-5-11-18)17-9-15-19-12-6-3-7-13-19/h2-7,10-13H,8-9,14-17H2,1H3. The van der Waals surface area contributed by atoms with Crippen LogP contribution in [0.25, 0.3) is 0 Å². The molecule has 0 bridgehead atoms. The van der Waals surface area contributed by atoms with Gasteiger partial charge in [0, 0.05) is 13.1 Å². The first-order valence-electron chi connectivity index (χ1n) is 7.75. The first-order chi connectivity index (χ1) is 10.4. The summed E-state index contributed by atoms with van der Waals surface area (Å²) in [4.78, 5) is 5.46. The largest absolute Gasteiger partial charge is 0.302 e. The molecule has 0 N–H and O–H groups in total. The molecule has 0 unspecified atom stereocenters. The maximum atomic E-state index is 5.46. The van der Waals surface area contributed by atoms with Crippen molar-refractivity contribution in [2.75, 3.05) is 20.2 Å². The summed E-state index contributed by atoms with van der Waals surface area (Å²) in [6.07, 6.45) is 4.48. The molecular formula is C19H25NO. The lowest BCUT2D eigenvalue weighted by atomic mass is 10.1. The van der Waals surface area contributed by atoms with Gasteiger partial charge in [0.1, 0.15) is 0 Å². The number of hydrogen-bond donors (Lipinski definition) is 0. The summed E-state index contributed by atoms with van der Waals surface area (Å²) in [5.41, 5.74) is 2.80. The predicted molar refractivity (Wildman–Crippen MR) is 88.1 cm³/mol. The van der Waals surface area contributed by atoms with Crippen LogP contribution in [0, 0.1) is 0 Å². The first kappa shape index (κ1) is 15.7. The van der Waals surface area contributed by atoms with Crippen molar-refractivity contribution in [3.8, 4) is 0 Å². The third-order valence-electron chi connectivity index (χ3n) is 3.69. The molecular weight excluding hydrogens is 258 g/mol. The monoisotopic (exact) mass is 283 g/mol. The summed E-state index contributed by atoms with van der Waals surface area (Å²) in [7, 11) is 1.77. The molecule has 0 amide bonds. The van der Waals surface area contributed by atoms with Gasteiger partial charge < -0.3 is 4.84 Å². The fourth-order valence-electron chi connectivity index (χ4n) is 2.50. The average molecular weight is 283 g/mol. The van der Waals surface area contributed by atoms with Crippen molar-refractivity contribution in [1.82, 2.24) is 5.06 Å². The van der Waals surface area contributed by atoms with E-state index in [0.717, 1.165) is 38.8 Å². The second kappa shape index (κ2) is 9.32. The molecule has 0 aliphatic heterocycles. The van der Waals surface area contributed by atoms with Crippen LogP contribution >= 0.6 is 0 Å². The highest BCUT2D eigenvalue weighted by molar-refractivity contribution is 5.15. The van der Waals surface area contributed by atoms with Gasteiger partial charge in [-0.05, 0) is 36.8 Å². The van der Waals surface area contributed by atoms with Gasteiger partial charge in [-0.1, -0.05) is 60.7 Å². The van der Waals surface area contributed by atoms with E-state index in [9.17, 15) is 0 Å². The van der Waals surface area contributed by atoms with Crippen LogP contribution in [0.5, 0.6) is 0 Å². The summed E-state index contributed by atoms with van der Waals surface area (Å²) in [5.74, 6) is 0. The minimum atomic E-state index is 0.986. The predicted octanol–water partition coefficient (Wildman–Crippen LogP) is 4.12. The second-order valence-electron chi connectivity index (χ2n) is 5.29. The SMILES string of the molecule is CON(CCCc1ccccc1)CCCc1ccccc1. The number of hydrogen-bond acceptors (Lipinski definition) is 2. The summed E-state index contributed by atoms with van der Waals surface area (Å²) in [5, 5.41) is 2.08. The molecule has 2 aromatic rings. The molecule has 0 radical (unpaired) electrons. The average Bonchev–Trinajstić information content (AvgIpc) is 2.55. The summed E-state index contributed by atoms with van der Waals surface area (Å²) >= 11 is 0. The molecule has 0 saturated carbocycles. The maximum absolute atomic E-state index is 5.46. The van der Waals surface area contributed by atoms with Gasteiger partial charge in [-0.2, -0.15) is 5.06 Å². The van der Waals surface area contributed by atoms with Crippen LogP contribution in [-0.4, -0.2) is 25.3 Å². The van der Waals surface area contributed by atoms with Crippen LogP contribution in [0.15, 0.2) is 60.7 Å². The lowest BCUT2D eigenvalue weighted by Crippen LogP contribution is -2.25. The van der Waals surface area contributed by atoms with Gasteiger partial charge in [0.05, 0.1) is 7.11 Å². The van der Waals surface area contributed by atoms with Crippen molar-refractivity contribution in [3.05, 3.63) is 71.8 Å². The third kappa shape index (κ3) is 6.11. The van der Waals surface area contributed by atoms with E-state index in [-0.39, 0.29) is 0 Å². The van der Waals surface area contributed by atoms with E-state index in [0.29, 0.717) is 0 Å². The molecule has 2 nitrogen and oxygen atoms in total. The summed E-state index contributed by atoms with van der Waals surface area (Å²) in [6.45, 7) is 1.97. The zero-order valence-corrected chi connectivity index (χ0v) is 12.9. The van der Waals surface area contributed by atoms with Gasteiger partial charge in [0.25, 0.3) is 0 Å². The van der Waals surface area contributed by atoms with Gasteiger partial charge in [0.15, 0.2) is 0 Å². The van der Waals surface area contributed by atoms with E-state index in [4.69, 9.17) is 4.84 Å². The Morgan fingerprint density at radius 2 is 1.14 bits per heavy atom. The topological polar surface area (TPSA) is 12.5 Å². The molecule has 2 rings (SSSR count). The fourth-order valence-corrected chi connectivity index (χ4v) is 2.50. The van der Waals surface area contributed by atoms with Crippen LogP contribution < -0.4 is 0 Å². The molecule has 0 aliphatic carbocycles. The highest BCUT2D eigenvalue weighted by Crippen LogP contribution is 2.06. The van der Waals surface area contributed by atoms with Gasteiger partial charge in [-0.15, -0.1) is 0 Å². The van der Waals surface area contributed by atoms with Crippen molar-refractivity contribution in [2.24, 2.45) is 0 Å². The first-order valence-corrected chi connectivity index (χ1v) is 7.75. The van der Waals surface area contributed by atoms with Gasteiger partial charge in [-0.25, -0.2) is 0 Å². The van der Waals surface area contributed by atoms with Crippen LogP contribution in [0.3, 0.4) is 0 Å². The van der Waals surface area contributed by atoms with Crippen LogP contribution in [0.2, 0.25) is 0 Å². The number of aryl methyl sites for hydroxylation is 2. The van der Waals surface area contributed by atoms with Crippen molar-refractivity contribution in [3.63, 3.8) is 0 Å². The molecule has 0 spiro atoms. The van der Waals surface area contributed by atoms with Crippen molar-refractivity contribution in [2.45, 2.75) is 25.7 Å². The molecule has 0 heterocycles. The Balaban J connectivity index is 1.64. The van der Waals surface area contributed by atoms with E-state index < -0.39 is 0 Å². The Morgan fingerprint density at radius 3 is 1.52 bits per heavy atom. The minimum Gasteiger partial charge on any atom is -0.302 e. The van der Waals surface area contributed by atoms with Crippen molar-refractivity contribution < 1.29 is 4.84 Å². The smallest absolute Gasteiger partial charge is 0.0575 e. The van der Waals surface area contributed by atoms with Crippen LogP contribution in [0.4, 0.5) is 0 Å². The van der Waals surface area contributed by atoms with E-state index in [1.807, 2.05) is 0 Å². The molecule has 0 aromatic heterocycles. The highest BCUT2D eigenvalue weighted by Gasteiger charge is 2.03. The van der Waals surface area contributed by atoms with Gasteiger partial charge >= 0.3 is 0 Å². The van der Waals surface area contributed by atoms with Crippen molar-refractivity contribution in [1.29, 1.82) is 0 Å². The Hall–Kier alpha value is -1.64. The van der Waals surface area contributed by atoms with E-state index >= 15 is 0 Å². The van der Waals surface area contributed by atoms with E-state index in [1.165, 1.54) is 11.1 Å². The quantitative estimate of drug-likeness (QED) is 0.642. The zero-order valence-electron chi connectivity index (χ0n) is 12.9. The summed E-state index contributed by atoms with van der Waals surface area (Å²) < 4.78 is 0. The number of hydroxylamine groups is 2. The van der Waals surface area contributed by atoms with Gasteiger partial charge in [-0.3, -0.25) is 0 Å². The number of benzene rings is 2. The fraction of sp³-hybridized carbons (Fsp3) is 0.368. The Bertz CT molecular complexity index is 438. The zero-order chi connectivity index (χ0) is 14.8. The molecule has 21 heavy (non-hydrogen) atoms. The Morgan fingerprint density at radius 1 is 0.714 bits per heavy atom. The Kier molecular flexibility index (Phi) is 6.99. The lowest BCUT2D eigenvalue weighted by Gasteiger charge is -2.19. The number of rotatable bonds is 9. The Labute approximate surface area is 128 Å². The molecule has 2 heteroatoms. The van der Waals surface area contributed by atoms with Crippen molar-refractivity contribution >= 4 is 0 Å². The van der Waals surface area contributed by atoms with Crippen LogP contribution in [0.1, 0.15) is 24.0 Å². The second-order valence-corrected chi connectivity index (χ2v) is 5.29. The molecule has 112 valence electrons. The molecule has 0 saturated heterocycles. The lowest BCUT2D eigenvalue weighted by molar-refractivity contribution is -0.131. The van der Waals surface area contributed by atoms with Crippen LogP contribution in [-0.2, 0) is 17.7 Å². The molecule has 0 atom stereocenters. The van der Waals surface area contributed by atoms with E-state index in [1.54, 1.807) is 7.11 Å². The molecule has 0 fully saturated rings. The number of nitrogens with zero attached hydrogens (tertiary/aromatic N) is 1. The van der Waals surface area contributed by atoms with Gasteiger partial charge in [0.2, 0.25) is 0 Å². The molecule has 2 aromatic carbocycles. The third-order valence-corrected chi connectivity index (χ3v) is 3.69. The maximum Gasteiger partial charge on any atom is 0.0575 e. The normalized spacial score (nSPS) is 11.0.